The Labute approximate surface area is 102 Å². The minimum absolute atomic E-state index is 0.266. The number of carboxylic acids is 1. The molecular formula is C14H20O3. The lowest BCUT2D eigenvalue weighted by Gasteiger charge is -2.11. The lowest BCUT2D eigenvalue weighted by Crippen LogP contribution is -1.98. The third-order valence-corrected chi connectivity index (χ3v) is 3.02. The quantitative estimate of drug-likeness (QED) is 0.715. The van der Waals surface area contributed by atoms with Crippen LogP contribution in [0.1, 0.15) is 54.4 Å². The van der Waals surface area contributed by atoms with Crippen molar-refractivity contribution in [2.45, 2.75) is 38.5 Å². The first kappa shape index (κ1) is 13.7. The standard InChI is InChI=1S/C14H20O3/c1-11(5-3-2-4-10-15)12-6-8-13(9-7-12)14(16)17/h6-9,11,15H,2-5,10H2,1H3,(H,16,17). The molecule has 0 radical (unpaired) electrons. The fraction of sp³-hybridized carbons (Fsp3) is 0.500. The molecule has 1 rings (SSSR count). The molecule has 0 saturated heterocycles. The molecule has 0 fully saturated rings. The zero-order valence-corrected chi connectivity index (χ0v) is 10.2. The van der Waals surface area contributed by atoms with Crippen molar-refractivity contribution >= 4 is 5.97 Å². The van der Waals surface area contributed by atoms with Gasteiger partial charge in [-0.15, -0.1) is 0 Å². The van der Waals surface area contributed by atoms with Crippen LogP contribution in [0.2, 0.25) is 0 Å². The van der Waals surface area contributed by atoms with Crippen LogP contribution in [0.15, 0.2) is 24.3 Å². The van der Waals surface area contributed by atoms with E-state index in [1.807, 2.05) is 12.1 Å². The maximum absolute atomic E-state index is 10.7. The summed E-state index contributed by atoms with van der Waals surface area (Å²) in [4.78, 5) is 10.7. The molecule has 0 aliphatic heterocycles. The van der Waals surface area contributed by atoms with Gasteiger partial charge in [0, 0.05) is 6.61 Å². The molecular weight excluding hydrogens is 216 g/mol. The first-order chi connectivity index (χ1) is 8.15. The number of rotatable bonds is 7. The van der Waals surface area contributed by atoms with Crippen LogP contribution >= 0.6 is 0 Å². The molecule has 2 N–H and O–H groups in total. The maximum Gasteiger partial charge on any atom is 0.335 e. The minimum Gasteiger partial charge on any atom is -0.478 e. The summed E-state index contributed by atoms with van der Waals surface area (Å²) in [6.45, 7) is 2.41. The number of benzene rings is 1. The zero-order valence-electron chi connectivity index (χ0n) is 10.2. The van der Waals surface area contributed by atoms with Crippen LogP contribution in [0.5, 0.6) is 0 Å². The molecule has 94 valence electrons. The minimum atomic E-state index is -0.882. The fourth-order valence-corrected chi connectivity index (χ4v) is 1.86. The van der Waals surface area contributed by atoms with E-state index in [0.717, 1.165) is 25.7 Å². The first-order valence-electron chi connectivity index (χ1n) is 6.09. The highest BCUT2D eigenvalue weighted by Gasteiger charge is 2.07. The molecule has 0 aliphatic rings. The lowest BCUT2D eigenvalue weighted by atomic mass is 9.94. The summed E-state index contributed by atoms with van der Waals surface area (Å²) >= 11 is 0. The van der Waals surface area contributed by atoms with Crippen molar-refractivity contribution in [3.05, 3.63) is 35.4 Å². The van der Waals surface area contributed by atoms with Crippen molar-refractivity contribution in [2.75, 3.05) is 6.61 Å². The first-order valence-corrected chi connectivity index (χ1v) is 6.09. The van der Waals surface area contributed by atoms with E-state index in [2.05, 4.69) is 6.92 Å². The largest absolute Gasteiger partial charge is 0.478 e. The number of unbranched alkanes of at least 4 members (excludes halogenated alkanes) is 2. The Morgan fingerprint density at radius 1 is 1.18 bits per heavy atom. The summed E-state index contributed by atoms with van der Waals surface area (Å²) in [6.07, 6.45) is 4.09. The van der Waals surface area contributed by atoms with Crippen molar-refractivity contribution in [1.29, 1.82) is 0 Å². The molecule has 0 aromatic heterocycles. The molecule has 1 aromatic rings. The van der Waals surface area contributed by atoms with Gasteiger partial charge in [-0.2, -0.15) is 0 Å². The molecule has 1 aromatic carbocycles. The van der Waals surface area contributed by atoms with Crippen molar-refractivity contribution in [3.63, 3.8) is 0 Å². The number of aliphatic hydroxyl groups is 1. The third-order valence-electron chi connectivity index (χ3n) is 3.02. The predicted molar refractivity (Wildman–Crippen MR) is 67.4 cm³/mol. The average molecular weight is 236 g/mol. The topological polar surface area (TPSA) is 57.5 Å². The van der Waals surface area contributed by atoms with Gasteiger partial charge in [0.15, 0.2) is 0 Å². The molecule has 0 aliphatic carbocycles. The molecule has 17 heavy (non-hydrogen) atoms. The lowest BCUT2D eigenvalue weighted by molar-refractivity contribution is 0.0697. The van der Waals surface area contributed by atoms with Gasteiger partial charge in [0.25, 0.3) is 0 Å². The molecule has 1 unspecified atom stereocenters. The Morgan fingerprint density at radius 2 is 1.82 bits per heavy atom. The van der Waals surface area contributed by atoms with Gasteiger partial charge in [0.2, 0.25) is 0 Å². The molecule has 1 atom stereocenters. The number of aliphatic hydroxyl groups excluding tert-OH is 1. The number of hydrogen-bond donors (Lipinski definition) is 2. The smallest absolute Gasteiger partial charge is 0.335 e. The fourth-order valence-electron chi connectivity index (χ4n) is 1.86. The Hall–Kier alpha value is -1.35. The van der Waals surface area contributed by atoms with Crippen LogP contribution in [0.3, 0.4) is 0 Å². The number of carboxylic acid groups (broad SMARTS) is 1. The van der Waals surface area contributed by atoms with Gasteiger partial charge in [-0.1, -0.05) is 31.9 Å². The Bertz CT molecular complexity index is 343. The Balaban J connectivity index is 2.46. The summed E-state index contributed by atoms with van der Waals surface area (Å²) in [5.41, 5.74) is 1.51. The molecule has 3 heteroatoms. The monoisotopic (exact) mass is 236 g/mol. The highest BCUT2D eigenvalue weighted by Crippen LogP contribution is 2.22. The van der Waals surface area contributed by atoms with Gasteiger partial charge < -0.3 is 10.2 Å². The van der Waals surface area contributed by atoms with Crippen LogP contribution in [0.25, 0.3) is 0 Å². The van der Waals surface area contributed by atoms with Crippen LogP contribution < -0.4 is 0 Å². The molecule has 0 amide bonds. The van der Waals surface area contributed by atoms with Crippen molar-refractivity contribution < 1.29 is 15.0 Å². The summed E-state index contributed by atoms with van der Waals surface area (Å²) in [7, 11) is 0. The van der Waals surface area contributed by atoms with E-state index in [1.165, 1.54) is 5.56 Å². The maximum atomic E-state index is 10.7. The van der Waals surface area contributed by atoms with Crippen molar-refractivity contribution in [2.24, 2.45) is 0 Å². The molecule has 3 nitrogen and oxygen atoms in total. The average Bonchev–Trinajstić information content (AvgIpc) is 2.34. The van der Waals surface area contributed by atoms with E-state index in [0.29, 0.717) is 11.5 Å². The van der Waals surface area contributed by atoms with Crippen LogP contribution in [-0.4, -0.2) is 22.8 Å². The summed E-state index contributed by atoms with van der Waals surface area (Å²) in [5.74, 6) is -0.441. The van der Waals surface area contributed by atoms with Crippen LogP contribution in [-0.2, 0) is 0 Å². The van der Waals surface area contributed by atoms with Gasteiger partial charge in [-0.05, 0) is 36.5 Å². The normalized spacial score (nSPS) is 12.4. The van der Waals surface area contributed by atoms with E-state index < -0.39 is 5.97 Å². The number of carbonyl (C=O) groups is 1. The van der Waals surface area contributed by atoms with Gasteiger partial charge in [0.1, 0.15) is 0 Å². The second-order valence-corrected chi connectivity index (χ2v) is 4.40. The molecule has 0 bridgehead atoms. The summed E-state index contributed by atoms with van der Waals surface area (Å²) < 4.78 is 0. The van der Waals surface area contributed by atoms with Gasteiger partial charge in [-0.25, -0.2) is 4.79 Å². The number of aromatic carboxylic acids is 1. The highest BCUT2D eigenvalue weighted by molar-refractivity contribution is 5.87. The summed E-state index contributed by atoms with van der Waals surface area (Å²) in [5, 5.41) is 17.5. The predicted octanol–water partition coefficient (Wildman–Crippen LogP) is 3.04. The van der Waals surface area contributed by atoms with Gasteiger partial charge in [-0.3, -0.25) is 0 Å². The van der Waals surface area contributed by atoms with E-state index in [9.17, 15) is 4.79 Å². The Kier molecular flexibility index (Phi) is 5.70. The molecule has 0 spiro atoms. The third kappa shape index (κ3) is 4.57. The van der Waals surface area contributed by atoms with E-state index in [4.69, 9.17) is 10.2 Å². The SMILES string of the molecule is CC(CCCCCO)c1ccc(C(=O)O)cc1. The molecule has 0 saturated carbocycles. The number of hydrogen-bond acceptors (Lipinski definition) is 2. The van der Waals surface area contributed by atoms with Crippen LogP contribution in [0, 0.1) is 0 Å². The van der Waals surface area contributed by atoms with Crippen molar-refractivity contribution in [3.8, 4) is 0 Å². The summed E-state index contributed by atoms with van der Waals surface area (Å²) in [6, 6.07) is 7.09. The van der Waals surface area contributed by atoms with E-state index in [1.54, 1.807) is 12.1 Å². The highest BCUT2D eigenvalue weighted by atomic mass is 16.4. The van der Waals surface area contributed by atoms with Gasteiger partial charge >= 0.3 is 5.97 Å². The van der Waals surface area contributed by atoms with E-state index in [-0.39, 0.29) is 6.61 Å². The Morgan fingerprint density at radius 3 is 2.35 bits per heavy atom. The van der Waals surface area contributed by atoms with Crippen molar-refractivity contribution in [1.82, 2.24) is 0 Å². The zero-order chi connectivity index (χ0) is 12.7. The second kappa shape index (κ2) is 7.07. The van der Waals surface area contributed by atoms with Gasteiger partial charge in [0.05, 0.1) is 5.56 Å². The van der Waals surface area contributed by atoms with E-state index >= 15 is 0 Å². The van der Waals surface area contributed by atoms with Crippen LogP contribution in [0.4, 0.5) is 0 Å². The molecule has 0 heterocycles. The second-order valence-electron chi connectivity index (χ2n) is 4.40.